The molecule has 0 aliphatic heterocycles. The summed E-state index contributed by atoms with van der Waals surface area (Å²) in [5.41, 5.74) is 5.07. The topological polar surface area (TPSA) is 366 Å². The van der Waals surface area contributed by atoms with Gasteiger partial charge >= 0.3 is 5.97 Å². The third-order valence-corrected chi connectivity index (χ3v) is 4.92. The highest BCUT2D eigenvalue weighted by molar-refractivity contribution is 5.94. The SMILES string of the molecule is NCC(=O)NCC(=O)N[C@@H](CO)C(=O)NCC(=O)NCC(=O)NCC(=O)NCC(=O)N[C@@H](CO)C(=O)NCC(=O)NCC(=O)O. The van der Waals surface area contributed by atoms with Gasteiger partial charge in [0.2, 0.25) is 53.2 Å². The van der Waals surface area contributed by atoms with Gasteiger partial charge in [-0.05, 0) is 0 Å². The summed E-state index contributed by atoms with van der Waals surface area (Å²) >= 11 is 0. The van der Waals surface area contributed by atoms with E-state index in [0.717, 1.165) is 0 Å². The first-order valence-corrected chi connectivity index (χ1v) is 12.8. The molecule has 0 rings (SSSR count). The van der Waals surface area contributed by atoms with Crippen molar-refractivity contribution in [1.29, 1.82) is 0 Å². The highest BCUT2D eigenvalue weighted by Gasteiger charge is 2.22. The van der Waals surface area contributed by atoms with Gasteiger partial charge < -0.3 is 68.9 Å². The van der Waals surface area contributed by atoms with Crippen molar-refractivity contribution in [2.45, 2.75) is 12.1 Å². The molecule has 0 radical (unpaired) electrons. The van der Waals surface area contributed by atoms with Gasteiger partial charge in [0.1, 0.15) is 18.6 Å². The Morgan fingerprint density at radius 1 is 0.444 bits per heavy atom. The van der Waals surface area contributed by atoms with Crippen LogP contribution >= 0.6 is 0 Å². The number of rotatable bonds is 21. The van der Waals surface area contributed by atoms with Crippen LogP contribution in [0.4, 0.5) is 0 Å². The van der Waals surface area contributed by atoms with Crippen molar-refractivity contribution in [3.8, 4) is 0 Å². The van der Waals surface area contributed by atoms with Gasteiger partial charge in [0, 0.05) is 0 Å². The lowest BCUT2D eigenvalue weighted by molar-refractivity contribution is -0.138. The zero-order valence-electron chi connectivity index (χ0n) is 23.7. The molecule has 23 nitrogen and oxygen atoms in total. The average molecular weight is 649 g/mol. The molecule has 45 heavy (non-hydrogen) atoms. The Morgan fingerprint density at radius 2 is 0.733 bits per heavy atom. The normalized spacial score (nSPS) is 11.4. The summed E-state index contributed by atoms with van der Waals surface area (Å²) < 4.78 is 0. The molecule has 0 aromatic rings. The van der Waals surface area contributed by atoms with Crippen molar-refractivity contribution in [3.05, 3.63) is 0 Å². The predicted molar refractivity (Wildman–Crippen MR) is 146 cm³/mol. The van der Waals surface area contributed by atoms with E-state index in [1.165, 1.54) is 0 Å². The summed E-state index contributed by atoms with van der Waals surface area (Å²) in [6, 6.07) is -2.94. The van der Waals surface area contributed by atoms with Crippen LogP contribution in [-0.2, 0) is 47.9 Å². The van der Waals surface area contributed by atoms with Gasteiger partial charge in [-0.25, -0.2) is 0 Å². The molecule has 23 heteroatoms. The second-order valence-corrected chi connectivity index (χ2v) is 8.52. The largest absolute Gasteiger partial charge is 0.480 e. The van der Waals surface area contributed by atoms with Crippen molar-refractivity contribution in [2.24, 2.45) is 5.73 Å². The van der Waals surface area contributed by atoms with Gasteiger partial charge in [-0.15, -0.1) is 0 Å². The standard InChI is InChI=1S/C22H36N10O13/c23-1-13(35)24-6-18(40)31-11(9-33)21(44)29-4-16(38)26-2-14(36)25-3-15(37)27-7-19(41)32-12(10-34)22(45)30-5-17(39)28-8-20(42)43/h11-12,33-34H,1-10,23H2,(H,24,35)(H,25,36)(H,26,38)(H,27,37)(H,28,39)(H,29,44)(H,30,45)(H,31,40)(H,32,41)(H,42,43)/t11-,12-/m0/s1. The number of carbonyl (C=O) groups is 10. The van der Waals surface area contributed by atoms with Crippen molar-refractivity contribution in [3.63, 3.8) is 0 Å². The summed E-state index contributed by atoms with van der Waals surface area (Å²) in [7, 11) is 0. The van der Waals surface area contributed by atoms with Crippen LogP contribution in [0.1, 0.15) is 0 Å². The molecule has 0 aromatic carbocycles. The summed E-state index contributed by atoms with van der Waals surface area (Å²) in [6.45, 7) is -6.46. The van der Waals surface area contributed by atoms with E-state index in [0.29, 0.717) is 0 Å². The fraction of sp³-hybridized carbons (Fsp3) is 0.545. The zero-order valence-corrected chi connectivity index (χ0v) is 23.7. The number of carboxylic acid groups (broad SMARTS) is 1. The van der Waals surface area contributed by atoms with Gasteiger partial charge in [-0.3, -0.25) is 47.9 Å². The van der Waals surface area contributed by atoms with E-state index in [1.54, 1.807) is 0 Å². The third kappa shape index (κ3) is 19.4. The van der Waals surface area contributed by atoms with Crippen LogP contribution in [0.2, 0.25) is 0 Å². The second-order valence-electron chi connectivity index (χ2n) is 8.52. The number of carboxylic acids is 1. The van der Waals surface area contributed by atoms with Crippen LogP contribution < -0.4 is 53.6 Å². The van der Waals surface area contributed by atoms with Crippen molar-refractivity contribution < 1.29 is 63.3 Å². The second kappa shape index (κ2) is 22.2. The Morgan fingerprint density at radius 3 is 1.04 bits per heavy atom. The maximum atomic E-state index is 12.0. The molecular weight excluding hydrogens is 612 g/mol. The highest BCUT2D eigenvalue weighted by atomic mass is 16.4. The predicted octanol–water partition coefficient (Wildman–Crippen LogP) is -10.2. The fourth-order valence-corrected chi connectivity index (χ4v) is 2.67. The summed E-state index contributed by atoms with van der Waals surface area (Å²) in [4.78, 5) is 116. The van der Waals surface area contributed by atoms with E-state index in [-0.39, 0.29) is 6.54 Å². The van der Waals surface area contributed by atoms with Crippen LogP contribution in [0.5, 0.6) is 0 Å². The number of aliphatic hydroxyl groups excluding tert-OH is 2. The Balaban J connectivity index is 4.31. The van der Waals surface area contributed by atoms with Crippen LogP contribution in [0.15, 0.2) is 0 Å². The molecule has 0 aliphatic rings. The molecule has 0 spiro atoms. The van der Waals surface area contributed by atoms with Crippen LogP contribution in [-0.4, -0.2) is 152 Å². The van der Waals surface area contributed by atoms with E-state index >= 15 is 0 Å². The number of carbonyl (C=O) groups excluding carboxylic acids is 9. The molecule has 0 aromatic heterocycles. The Labute approximate surface area is 254 Å². The van der Waals surface area contributed by atoms with Gasteiger partial charge in [-0.2, -0.15) is 0 Å². The number of nitrogens with one attached hydrogen (secondary N) is 9. The van der Waals surface area contributed by atoms with Gasteiger partial charge in [-0.1, -0.05) is 0 Å². The molecule has 0 bridgehead atoms. The zero-order chi connectivity index (χ0) is 34.4. The molecule has 252 valence electrons. The molecule has 0 heterocycles. The average Bonchev–Trinajstić information content (AvgIpc) is 3.01. The third-order valence-electron chi connectivity index (χ3n) is 4.92. The van der Waals surface area contributed by atoms with E-state index in [9.17, 15) is 58.2 Å². The summed E-state index contributed by atoms with van der Waals surface area (Å²) in [5.74, 6) is -8.95. The maximum absolute atomic E-state index is 12.0. The Kier molecular flexibility index (Phi) is 19.5. The van der Waals surface area contributed by atoms with Crippen LogP contribution in [0.3, 0.4) is 0 Å². The number of amides is 9. The molecule has 2 atom stereocenters. The monoisotopic (exact) mass is 648 g/mol. The summed E-state index contributed by atoms with van der Waals surface area (Å²) in [5, 5.41) is 46.0. The number of aliphatic hydroxyl groups is 2. The molecule has 0 aliphatic carbocycles. The lowest BCUT2D eigenvalue weighted by Crippen LogP contribution is -2.53. The number of nitrogens with two attached hydrogens (primary N) is 1. The van der Waals surface area contributed by atoms with Crippen LogP contribution in [0, 0.1) is 0 Å². The smallest absolute Gasteiger partial charge is 0.322 e. The molecular formula is C22H36N10O13. The number of aliphatic carboxylic acids is 1. The minimum Gasteiger partial charge on any atom is -0.480 e. The first-order chi connectivity index (χ1) is 21.2. The first-order valence-electron chi connectivity index (χ1n) is 12.8. The number of hydrogen-bond acceptors (Lipinski definition) is 13. The minimum atomic E-state index is -1.50. The van der Waals surface area contributed by atoms with Gasteiger partial charge in [0.05, 0.1) is 59.0 Å². The van der Waals surface area contributed by atoms with E-state index in [2.05, 4.69) is 42.5 Å². The highest BCUT2D eigenvalue weighted by Crippen LogP contribution is 1.85. The molecule has 9 amide bonds. The molecule has 0 fully saturated rings. The lowest BCUT2D eigenvalue weighted by Gasteiger charge is -2.16. The molecule has 0 saturated heterocycles. The lowest BCUT2D eigenvalue weighted by atomic mass is 10.3. The Bertz CT molecular complexity index is 1120. The van der Waals surface area contributed by atoms with E-state index in [1.807, 2.05) is 5.32 Å². The van der Waals surface area contributed by atoms with Crippen LogP contribution in [0.25, 0.3) is 0 Å². The van der Waals surface area contributed by atoms with Crippen molar-refractivity contribution in [1.82, 2.24) is 47.9 Å². The molecule has 14 N–H and O–H groups in total. The first kappa shape index (κ1) is 39.6. The van der Waals surface area contributed by atoms with Crippen molar-refractivity contribution >= 4 is 59.1 Å². The Hall–Kier alpha value is -5.42. The quantitative estimate of drug-likeness (QED) is 0.0550. The minimum absolute atomic E-state index is 0.363. The van der Waals surface area contributed by atoms with E-state index < -0.39 is 130 Å². The fourth-order valence-electron chi connectivity index (χ4n) is 2.67. The van der Waals surface area contributed by atoms with Crippen molar-refractivity contribution in [2.75, 3.05) is 65.6 Å². The summed E-state index contributed by atoms with van der Waals surface area (Å²) in [6.07, 6.45) is 0. The van der Waals surface area contributed by atoms with E-state index in [4.69, 9.17) is 10.8 Å². The van der Waals surface area contributed by atoms with Gasteiger partial charge in [0.25, 0.3) is 0 Å². The van der Waals surface area contributed by atoms with Gasteiger partial charge in [0.15, 0.2) is 0 Å². The molecule has 0 unspecified atom stereocenters. The molecule has 0 saturated carbocycles. The maximum Gasteiger partial charge on any atom is 0.322 e. The number of hydrogen-bond donors (Lipinski definition) is 13.